The number of aliphatic hydroxyl groups excluding tert-OH is 1. The lowest BCUT2D eigenvalue weighted by molar-refractivity contribution is 0.129. The molecule has 3 N–H and O–H groups in total. The molecular formula is C15H25N3O. The number of aliphatic hydroxyl groups is 1. The van der Waals surface area contributed by atoms with Gasteiger partial charge in [-0.15, -0.1) is 0 Å². The van der Waals surface area contributed by atoms with Crippen molar-refractivity contribution in [3.8, 4) is 0 Å². The highest BCUT2D eigenvalue weighted by molar-refractivity contribution is 5.21. The van der Waals surface area contributed by atoms with Gasteiger partial charge in [0.25, 0.3) is 0 Å². The molecule has 3 rings (SSSR count). The van der Waals surface area contributed by atoms with Gasteiger partial charge in [0.2, 0.25) is 0 Å². The number of nitrogens with zero attached hydrogens (tertiary/aromatic N) is 2. The van der Waals surface area contributed by atoms with Crippen LogP contribution >= 0.6 is 0 Å². The maximum atomic E-state index is 9.52. The molecule has 0 spiro atoms. The quantitative estimate of drug-likeness (QED) is 0.856. The molecule has 0 bridgehead atoms. The Bertz CT molecular complexity index is 468. The zero-order valence-corrected chi connectivity index (χ0v) is 11.9. The van der Waals surface area contributed by atoms with Gasteiger partial charge in [0.1, 0.15) is 5.82 Å². The van der Waals surface area contributed by atoms with Crippen LogP contribution in [0, 0.1) is 6.92 Å². The fourth-order valence-corrected chi connectivity index (χ4v) is 3.91. The van der Waals surface area contributed by atoms with Crippen LogP contribution < -0.4 is 5.73 Å². The van der Waals surface area contributed by atoms with Crippen molar-refractivity contribution in [1.29, 1.82) is 0 Å². The van der Waals surface area contributed by atoms with E-state index in [1.165, 1.54) is 30.7 Å². The van der Waals surface area contributed by atoms with Gasteiger partial charge in [0, 0.05) is 17.3 Å². The molecule has 4 nitrogen and oxygen atoms in total. The second kappa shape index (κ2) is 4.91. The summed E-state index contributed by atoms with van der Waals surface area (Å²) in [4.78, 5) is 4.76. The van der Waals surface area contributed by atoms with E-state index in [9.17, 15) is 5.11 Å². The molecule has 1 aromatic rings. The van der Waals surface area contributed by atoms with Gasteiger partial charge in [0.05, 0.1) is 12.3 Å². The van der Waals surface area contributed by atoms with E-state index in [2.05, 4.69) is 11.5 Å². The molecule has 1 saturated carbocycles. The van der Waals surface area contributed by atoms with Crippen molar-refractivity contribution in [1.82, 2.24) is 9.55 Å². The number of aromatic nitrogens is 2. The highest BCUT2D eigenvalue weighted by Crippen LogP contribution is 2.37. The lowest BCUT2D eigenvalue weighted by atomic mass is 9.80. The fraction of sp³-hybridized carbons (Fsp3) is 0.800. The first-order chi connectivity index (χ1) is 9.13. The highest BCUT2D eigenvalue weighted by Gasteiger charge is 2.35. The minimum absolute atomic E-state index is 0.0967. The molecule has 4 heteroatoms. The Morgan fingerprint density at radius 1 is 1.37 bits per heavy atom. The van der Waals surface area contributed by atoms with E-state index in [0.717, 1.165) is 37.9 Å². The summed E-state index contributed by atoms with van der Waals surface area (Å²) in [6.07, 6.45) is 8.93. The summed E-state index contributed by atoms with van der Waals surface area (Å²) in [6.45, 7) is 2.21. The van der Waals surface area contributed by atoms with Crippen molar-refractivity contribution in [2.24, 2.45) is 5.73 Å². The van der Waals surface area contributed by atoms with Crippen LogP contribution in [0.3, 0.4) is 0 Å². The number of fused-ring (bicyclic) bond motifs is 1. The minimum atomic E-state index is -0.388. The Morgan fingerprint density at radius 3 is 2.95 bits per heavy atom. The van der Waals surface area contributed by atoms with Crippen molar-refractivity contribution in [3.63, 3.8) is 0 Å². The van der Waals surface area contributed by atoms with E-state index in [4.69, 9.17) is 10.7 Å². The van der Waals surface area contributed by atoms with Crippen molar-refractivity contribution >= 4 is 0 Å². The third kappa shape index (κ3) is 2.32. The molecule has 0 aliphatic heterocycles. The second-order valence-corrected chi connectivity index (χ2v) is 6.40. The molecule has 0 radical (unpaired) electrons. The first kappa shape index (κ1) is 13.1. The smallest absolute Gasteiger partial charge is 0.106 e. The van der Waals surface area contributed by atoms with E-state index in [0.29, 0.717) is 6.04 Å². The summed E-state index contributed by atoms with van der Waals surface area (Å²) in [7, 11) is 0. The molecule has 106 valence electrons. The van der Waals surface area contributed by atoms with E-state index in [1.807, 2.05) is 0 Å². The fourth-order valence-electron chi connectivity index (χ4n) is 3.91. The summed E-state index contributed by atoms with van der Waals surface area (Å²) in [5, 5.41) is 9.52. The predicted molar refractivity (Wildman–Crippen MR) is 75.1 cm³/mol. The van der Waals surface area contributed by atoms with Crippen LogP contribution in [-0.2, 0) is 12.8 Å². The molecule has 1 heterocycles. The maximum absolute atomic E-state index is 9.52. The van der Waals surface area contributed by atoms with Gasteiger partial charge in [-0.25, -0.2) is 4.98 Å². The highest BCUT2D eigenvalue weighted by atomic mass is 16.3. The molecule has 1 fully saturated rings. The van der Waals surface area contributed by atoms with Crippen LogP contribution in [0.1, 0.15) is 61.8 Å². The van der Waals surface area contributed by atoms with Crippen LogP contribution in [0.15, 0.2) is 0 Å². The van der Waals surface area contributed by atoms with Gasteiger partial charge < -0.3 is 15.4 Å². The first-order valence-electron chi connectivity index (χ1n) is 7.59. The van der Waals surface area contributed by atoms with Gasteiger partial charge >= 0.3 is 0 Å². The first-order valence-corrected chi connectivity index (χ1v) is 7.59. The van der Waals surface area contributed by atoms with Crippen LogP contribution in [0.25, 0.3) is 0 Å². The van der Waals surface area contributed by atoms with Crippen LogP contribution in [0.4, 0.5) is 0 Å². The normalized spacial score (nSPS) is 31.2. The Morgan fingerprint density at radius 2 is 2.16 bits per heavy atom. The van der Waals surface area contributed by atoms with Crippen LogP contribution in [0.2, 0.25) is 0 Å². The SMILES string of the molecule is Cc1nc2c(n1C1CCCC(N)(CO)C1)CCCC2. The summed E-state index contributed by atoms with van der Waals surface area (Å²) >= 11 is 0. The molecule has 0 amide bonds. The maximum Gasteiger partial charge on any atom is 0.106 e. The largest absolute Gasteiger partial charge is 0.394 e. The molecule has 0 aromatic carbocycles. The number of hydrogen-bond donors (Lipinski definition) is 2. The Hall–Kier alpha value is -0.870. The topological polar surface area (TPSA) is 64.1 Å². The third-order valence-electron chi connectivity index (χ3n) is 4.88. The molecule has 2 aliphatic carbocycles. The van der Waals surface area contributed by atoms with Crippen LogP contribution in [-0.4, -0.2) is 26.8 Å². The minimum Gasteiger partial charge on any atom is -0.394 e. The lowest BCUT2D eigenvalue weighted by Gasteiger charge is -2.38. The number of aryl methyl sites for hydroxylation is 2. The molecule has 2 aliphatic rings. The van der Waals surface area contributed by atoms with Crippen molar-refractivity contribution in [2.75, 3.05) is 6.61 Å². The zero-order chi connectivity index (χ0) is 13.5. The predicted octanol–water partition coefficient (Wildman–Crippen LogP) is 1.88. The van der Waals surface area contributed by atoms with Crippen molar-refractivity contribution in [3.05, 3.63) is 17.2 Å². The second-order valence-electron chi connectivity index (χ2n) is 6.40. The van der Waals surface area contributed by atoms with Gasteiger partial charge in [-0.2, -0.15) is 0 Å². The van der Waals surface area contributed by atoms with Gasteiger partial charge in [-0.1, -0.05) is 0 Å². The standard InChI is InChI=1S/C15H25N3O/c1-11-17-13-6-2-3-7-14(13)18(11)12-5-4-8-15(16,9-12)10-19/h12,19H,2-10,16H2,1H3. The third-order valence-corrected chi connectivity index (χ3v) is 4.88. The Balaban J connectivity index is 1.91. The molecule has 0 saturated heterocycles. The van der Waals surface area contributed by atoms with E-state index in [-0.39, 0.29) is 12.1 Å². The molecule has 1 aromatic heterocycles. The summed E-state index contributed by atoms with van der Waals surface area (Å²) in [5.74, 6) is 1.14. The van der Waals surface area contributed by atoms with E-state index < -0.39 is 0 Å². The zero-order valence-electron chi connectivity index (χ0n) is 11.9. The van der Waals surface area contributed by atoms with Gasteiger partial charge in [-0.05, 0) is 58.3 Å². The van der Waals surface area contributed by atoms with Gasteiger partial charge in [-0.3, -0.25) is 0 Å². The van der Waals surface area contributed by atoms with E-state index in [1.54, 1.807) is 0 Å². The monoisotopic (exact) mass is 263 g/mol. The lowest BCUT2D eigenvalue weighted by Crippen LogP contribution is -2.48. The number of imidazole rings is 1. The van der Waals surface area contributed by atoms with Crippen molar-refractivity contribution in [2.45, 2.75) is 69.9 Å². The molecule has 2 unspecified atom stereocenters. The summed E-state index contributed by atoms with van der Waals surface area (Å²) in [6, 6.07) is 0.431. The van der Waals surface area contributed by atoms with Crippen molar-refractivity contribution < 1.29 is 5.11 Å². The number of hydrogen-bond acceptors (Lipinski definition) is 3. The number of nitrogens with two attached hydrogens (primary N) is 1. The molecule has 19 heavy (non-hydrogen) atoms. The molecule has 2 atom stereocenters. The molecular weight excluding hydrogens is 238 g/mol. The average Bonchev–Trinajstić information content (AvgIpc) is 2.74. The van der Waals surface area contributed by atoms with Gasteiger partial charge in [0.15, 0.2) is 0 Å². The average molecular weight is 263 g/mol. The summed E-state index contributed by atoms with van der Waals surface area (Å²) < 4.78 is 2.44. The Kier molecular flexibility index (Phi) is 3.39. The summed E-state index contributed by atoms with van der Waals surface area (Å²) in [5.41, 5.74) is 8.66. The van der Waals surface area contributed by atoms with E-state index >= 15 is 0 Å². The Labute approximate surface area is 115 Å². The number of rotatable bonds is 2. The van der Waals surface area contributed by atoms with Crippen LogP contribution in [0.5, 0.6) is 0 Å².